The topological polar surface area (TPSA) is 62.8 Å². The third-order valence-electron chi connectivity index (χ3n) is 4.70. The molecular weight excluding hydrogens is 306 g/mol. The van der Waals surface area contributed by atoms with E-state index in [9.17, 15) is 4.79 Å². The molecule has 2 aliphatic rings. The van der Waals surface area contributed by atoms with Gasteiger partial charge in [-0.25, -0.2) is 0 Å². The Balaban J connectivity index is 1.51. The highest BCUT2D eigenvalue weighted by Crippen LogP contribution is 2.22. The molecule has 0 aliphatic carbocycles. The van der Waals surface area contributed by atoms with Gasteiger partial charge in [0.2, 0.25) is 5.91 Å². The summed E-state index contributed by atoms with van der Waals surface area (Å²) in [6, 6.07) is 8.63. The first-order valence-corrected chi connectivity index (χ1v) is 8.75. The molecule has 2 heterocycles. The van der Waals surface area contributed by atoms with Gasteiger partial charge in [-0.05, 0) is 24.6 Å². The number of ether oxygens (including phenoxy) is 2. The van der Waals surface area contributed by atoms with E-state index in [4.69, 9.17) is 9.47 Å². The molecule has 2 atom stereocenters. The van der Waals surface area contributed by atoms with Crippen LogP contribution in [0.25, 0.3) is 0 Å². The predicted molar refractivity (Wildman–Crippen MR) is 93.1 cm³/mol. The Labute approximate surface area is 143 Å². The number of morpholine rings is 2. The summed E-state index contributed by atoms with van der Waals surface area (Å²) in [7, 11) is 0. The van der Waals surface area contributed by atoms with Crippen molar-refractivity contribution in [3.05, 3.63) is 29.8 Å². The molecule has 6 heteroatoms. The van der Waals surface area contributed by atoms with E-state index in [2.05, 4.69) is 34.6 Å². The van der Waals surface area contributed by atoms with E-state index in [0.29, 0.717) is 19.1 Å². The first-order valence-electron chi connectivity index (χ1n) is 8.75. The minimum atomic E-state index is 0.0203. The van der Waals surface area contributed by atoms with Gasteiger partial charge in [0.15, 0.2) is 0 Å². The van der Waals surface area contributed by atoms with Gasteiger partial charge in [-0.3, -0.25) is 9.69 Å². The first kappa shape index (κ1) is 17.4. The van der Waals surface area contributed by atoms with Gasteiger partial charge in [0, 0.05) is 43.8 Å². The Morgan fingerprint density at radius 2 is 2.00 bits per heavy atom. The summed E-state index contributed by atoms with van der Waals surface area (Å²) in [5.41, 5.74) is 2.10. The van der Waals surface area contributed by atoms with Gasteiger partial charge in [0.25, 0.3) is 0 Å². The molecule has 0 spiro atoms. The summed E-state index contributed by atoms with van der Waals surface area (Å²) < 4.78 is 10.8. The molecule has 2 unspecified atom stereocenters. The second kappa shape index (κ2) is 8.58. The number of carbonyl (C=O) groups excluding carboxylic acids is 1. The van der Waals surface area contributed by atoms with Crippen LogP contribution in [0, 0.1) is 0 Å². The Bertz CT molecular complexity index is 523. The van der Waals surface area contributed by atoms with Gasteiger partial charge < -0.3 is 20.1 Å². The number of amides is 1. The van der Waals surface area contributed by atoms with Crippen molar-refractivity contribution < 1.29 is 14.3 Å². The SMILES string of the molecule is CC(c1ccc(NC(=O)CC2COCCN2)cc1)N1CCOCC1. The van der Waals surface area contributed by atoms with Crippen molar-refractivity contribution >= 4 is 11.6 Å². The van der Waals surface area contributed by atoms with Crippen LogP contribution in [0.1, 0.15) is 24.9 Å². The largest absolute Gasteiger partial charge is 0.379 e. The number of hydrogen-bond donors (Lipinski definition) is 2. The van der Waals surface area contributed by atoms with E-state index in [0.717, 1.165) is 45.1 Å². The van der Waals surface area contributed by atoms with Gasteiger partial charge in [0.1, 0.15) is 0 Å². The second-order valence-electron chi connectivity index (χ2n) is 6.42. The maximum atomic E-state index is 12.1. The Kier molecular flexibility index (Phi) is 6.20. The molecule has 1 aromatic carbocycles. The van der Waals surface area contributed by atoms with Gasteiger partial charge in [-0.15, -0.1) is 0 Å². The lowest BCUT2D eigenvalue weighted by atomic mass is 10.1. The molecule has 3 rings (SSSR count). The molecule has 2 aliphatic heterocycles. The molecule has 0 aromatic heterocycles. The van der Waals surface area contributed by atoms with E-state index in [1.807, 2.05) is 12.1 Å². The van der Waals surface area contributed by atoms with E-state index < -0.39 is 0 Å². The van der Waals surface area contributed by atoms with Crippen LogP contribution in [0.5, 0.6) is 0 Å². The van der Waals surface area contributed by atoms with Crippen LogP contribution in [0.2, 0.25) is 0 Å². The standard InChI is InChI=1S/C18H27N3O3/c1-14(21-7-10-23-11-8-21)15-2-4-16(5-3-15)20-18(22)12-17-13-24-9-6-19-17/h2-5,14,17,19H,6-13H2,1H3,(H,20,22). The number of anilines is 1. The second-order valence-corrected chi connectivity index (χ2v) is 6.42. The molecule has 0 bridgehead atoms. The molecule has 2 N–H and O–H groups in total. The molecule has 132 valence electrons. The fraction of sp³-hybridized carbons (Fsp3) is 0.611. The van der Waals surface area contributed by atoms with Crippen molar-refractivity contribution in [3.63, 3.8) is 0 Å². The van der Waals surface area contributed by atoms with Crippen molar-refractivity contribution in [2.45, 2.75) is 25.4 Å². The summed E-state index contributed by atoms with van der Waals surface area (Å²) in [4.78, 5) is 14.5. The molecule has 0 saturated carbocycles. The predicted octanol–water partition coefficient (Wildman–Crippen LogP) is 1.40. The molecule has 24 heavy (non-hydrogen) atoms. The van der Waals surface area contributed by atoms with Crippen LogP contribution in [-0.2, 0) is 14.3 Å². The third-order valence-corrected chi connectivity index (χ3v) is 4.70. The van der Waals surface area contributed by atoms with Crippen LogP contribution < -0.4 is 10.6 Å². The first-order chi connectivity index (χ1) is 11.7. The summed E-state index contributed by atoms with van der Waals surface area (Å²) in [6.45, 7) is 7.89. The van der Waals surface area contributed by atoms with E-state index in [1.165, 1.54) is 5.56 Å². The fourth-order valence-corrected chi connectivity index (χ4v) is 3.21. The van der Waals surface area contributed by atoms with E-state index in [1.54, 1.807) is 0 Å². The van der Waals surface area contributed by atoms with Gasteiger partial charge >= 0.3 is 0 Å². The monoisotopic (exact) mass is 333 g/mol. The van der Waals surface area contributed by atoms with Crippen LogP contribution in [-0.4, -0.2) is 62.9 Å². The average molecular weight is 333 g/mol. The highest BCUT2D eigenvalue weighted by Gasteiger charge is 2.19. The zero-order chi connectivity index (χ0) is 16.8. The number of nitrogens with one attached hydrogen (secondary N) is 2. The van der Waals surface area contributed by atoms with Crippen molar-refractivity contribution in [3.8, 4) is 0 Å². The van der Waals surface area contributed by atoms with Crippen LogP contribution in [0.3, 0.4) is 0 Å². The van der Waals surface area contributed by atoms with E-state index in [-0.39, 0.29) is 11.9 Å². The van der Waals surface area contributed by atoms with Gasteiger partial charge in [-0.2, -0.15) is 0 Å². The normalized spacial score (nSPS) is 23.6. The van der Waals surface area contributed by atoms with Gasteiger partial charge in [-0.1, -0.05) is 12.1 Å². The zero-order valence-corrected chi connectivity index (χ0v) is 14.3. The molecule has 0 radical (unpaired) electrons. The lowest BCUT2D eigenvalue weighted by Gasteiger charge is -2.32. The van der Waals surface area contributed by atoms with Crippen LogP contribution in [0.4, 0.5) is 5.69 Å². The highest BCUT2D eigenvalue weighted by molar-refractivity contribution is 5.91. The molecule has 6 nitrogen and oxygen atoms in total. The van der Waals surface area contributed by atoms with E-state index >= 15 is 0 Å². The average Bonchev–Trinajstić information content (AvgIpc) is 2.63. The van der Waals surface area contributed by atoms with Crippen molar-refractivity contribution in [2.24, 2.45) is 0 Å². The number of hydrogen-bond acceptors (Lipinski definition) is 5. The highest BCUT2D eigenvalue weighted by atomic mass is 16.5. The third kappa shape index (κ3) is 4.77. The maximum absolute atomic E-state index is 12.1. The molecule has 2 saturated heterocycles. The minimum Gasteiger partial charge on any atom is -0.379 e. The Morgan fingerprint density at radius 1 is 1.25 bits per heavy atom. The number of rotatable bonds is 5. The zero-order valence-electron chi connectivity index (χ0n) is 14.3. The summed E-state index contributed by atoms with van der Waals surface area (Å²) >= 11 is 0. The maximum Gasteiger partial charge on any atom is 0.226 e. The van der Waals surface area contributed by atoms with Crippen molar-refractivity contribution in [1.29, 1.82) is 0 Å². The quantitative estimate of drug-likeness (QED) is 0.853. The lowest BCUT2D eigenvalue weighted by Crippen LogP contribution is -2.43. The molecule has 1 amide bonds. The molecule has 2 fully saturated rings. The lowest BCUT2D eigenvalue weighted by molar-refractivity contribution is -0.117. The van der Waals surface area contributed by atoms with Crippen LogP contribution >= 0.6 is 0 Å². The smallest absolute Gasteiger partial charge is 0.226 e. The Hall–Kier alpha value is -1.47. The van der Waals surface area contributed by atoms with Gasteiger partial charge in [0.05, 0.1) is 26.4 Å². The molecule has 1 aromatic rings. The summed E-state index contributed by atoms with van der Waals surface area (Å²) in [5.74, 6) is 0.0203. The fourth-order valence-electron chi connectivity index (χ4n) is 3.21. The summed E-state index contributed by atoms with van der Waals surface area (Å²) in [5, 5.41) is 6.26. The number of carbonyl (C=O) groups is 1. The molecular formula is C18H27N3O3. The Morgan fingerprint density at radius 3 is 2.67 bits per heavy atom. The number of benzene rings is 1. The summed E-state index contributed by atoms with van der Waals surface area (Å²) in [6.07, 6.45) is 0.436. The van der Waals surface area contributed by atoms with Crippen molar-refractivity contribution in [2.75, 3.05) is 51.4 Å². The van der Waals surface area contributed by atoms with Crippen LogP contribution in [0.15, 0.2) is 24.3 Å². The number of nitrogens with zero attached hydrogens (tertiary/aromatic N) is 1. The minimum absolute atomic E-state index is 0.0203. The van der Waals surface area contributed by atoms with Crippen molar-refractivity contribution in [1.82, 2.24) is 10.2 Å².